The van der Waals surface area contributed by atoms with Crippen LogP contribution in [0, 0.1) is 0 Å². The number of nitrogens with two attached hydrogens (primary N) is 1. The maximum Gasteiger partial charge on any atom is 0.221 e. The van der Waals surface area contributed by atoms with E-state index in [9.17, 15) is 4.79 Å². The zero-order chi connectivity index (χ0) is 15.3. The molecule has 1 fully saturated rings. The molecule has 5 nitrogen and oxygen atoms in total. The summed E-state index contributed by atoms with van der Waals surface area (Å²) in [5.41, 5.74) is 5.42. The Morgan fingerprint density at radius 3 is 2.81 bits per heavy atom. The van der Waals surface area contributed by atoms with E-state index < -0.39 is 5.54 Å². The largest absolute Gasteiger partial charge is 0.379 e. The molecule has 0 aromatic carbocycles. The van der Waals surface area contributed by atoms with Gasteiger partial charge in [-0.15, -0.1) is 11.3 Å². The molecule has 1 atom stereocenters. The Kier molecular flexibility index (Phi) is 5.75. The first-order valence-electron chi connectivity index (χ1n) is 7.36. The number of rotatable bonds is 6. The summed E-state index contributed by atoms with van der Waals surface area (Å²) in [6, 6.07) is 4.40. The average Bonchev–Trinajstić information content (AvgIpc) is 2.92. The van der Waals surface area contributed by atoms with Gasteiger partial charge in [0.25, 0.3) is 0 Å². The highest BCUT2D eigenvalue weighted by Gasteiger charge is 2.24. The molecule has 2 rings (SSSR count). The molecule has 1 aromatic rings. The van der Waals surface area contributed by atoms with Gasteiger partial charge in [0.15, 0.2) is 0 Å². The van der Waals surface area contributed by atoms with Crippen molar-refractivity contribution < 1.29 is 9.53 Å². The molecule has 2 heterocycles. The normalized spacial score (nSPS) is 18.4. The molecule has 6 heteroatoms. The van der Waals surface area contributed by atoms with Gasteiger partial charge < -0.3 is 15.8 Å². The van der Waals surface area contributed by atoms with Crippen molar-refractivity contribution >= 4 is 17.2 Å². The fourth-order valence-electron chi connectivity index (χ4n) is 2.47. The molecule has 21 heavy (non-hydrogen) atoms. The number of morpholine rings is 1. The Morgan fingerprint density at radius 1 is 1.52 bits per heavy atom. The minimum absolute atomic E-state index is 0.0114. The first-order valence-corrected chi connectivity index (χ1v) is 8.24. The van der Waals surface area contributed by atoms with E-state index in [0.29, 0.717) is 13.0 Å². The lowest BCUT2D eigenvalue weighted by Crippen LogP contribution is -2.45. The molecular formula is C15H25N3O2S. The van der Waals surface area contributed by atoms with E-state index in [1.807, 2.05) is 13.8 Å². The van der Waals surface area contributed by atoms with E-state index in [2.05, 4.69) is 27.7 Å². The zero-order valence-electron chi connectivity index (χ0n) is 12.8. The zero-order valence-corrected chi connectivity index (χ0v) is 13.6. The third kappa shape index (κ3) is 5.39. The van der Waals surface area contributed by atoms with Crippen LogP contribution in [-0.4, -0.2) is 49.2 Å². The summed E-state index contributed by atoms with van der Waals surface area (Å²) in [7, 11) is 0. The lowest BCUT2D eigenvalue weighted by molar-refractivity contribution is -0.122. The van der Waals surface area contributed by atoms with Gasteiger partial charge in [-0.1, -0.05) is 6.07 Å². The van der Waals surface area contributed by atoms with Gasteiger partial charge in [0.1, 0.15) is 0 Å². The van der Waals surface area contributed by atoms with Gasteiger partial charge in [-0.3, -0.25) is 9.69 Å². The molecule has 0 aliphatic carbocycles. The van der Waals surface area contributed by atoms with Gasteiger partial charge in [-0.25, -0.2) is 0 Å². The summed E-state index contributed by atoms with van der Waals surface area (Å²) in [5.74, 6) is 0.0114. The fraction of sp³-hybridized carbons (Fsp3) is 0.667. The topological polar surface area (TPSA) is 67.6 Å². The number of hydrogen-bond donors (Lipinski definition) is 2. The summed E-state index contributed by atoms with van der Waals surface area (Å²) in [4.78, 5) is 15.6. The van der Waals surface area contributed by atoms with Crippen molar-refractivity contribution in [2.24, 2.45) is 5.73 Å². The molecule has 0 spiro atoms. The van der Waals surface area contributed by atoms with Gasteiger partial charge >= 0.3 is 0 Å². The second-order valence-electron chi connectivity index (χ2n) is 6.15. The number of nitrogens with one attached hydrogen (secondary N) is 1. The van der Waals surface area contributed by atoms with E-state index in [1.165, 1.54) is 4.88 Å². The second kappa shape index (κ2) is 7.35. The van der Waals surface area contributed by atoms with Crippen molar-refractivity contribution in [2.45, 2.75) is 31.8 Å². The lowest BCUT2D eigenvalue weighted by Gasteiger charge is -2.34. The van der Waals surface area contributed by atoms with Crippen molar-refractivity contribution in [2.75, 3.05) is 32.8 Å². The van der Waals surface area contributed by atoms with Crippen molar-refractivity contribution in [1.29, 1.82) is 0 Å². The van der Waals surface area contributed by atoms with Crippen molar-refractivity contribution in [1.82, 2.24) is 10.2 Å². The monoisotopic (exact) mass is 311 g/mol. The fourth-order valence-corrected chi connectivity index (χ4v) is 3.33. The number of carbonyl (C=O) groups excluding carboxylic acids is 1. The highest BCUT2D eigenvalue weighted by atomic mass is 32.1. The Morgan fingerprint density at radius 2 is 2.24 bits per heavy atom. The predicted molar refractivity (Wildman–Crippen MR) is 85.3 cm³/mol. The van der Waals surface area contributed by atoms with Crippen LogP contribution in [0.25, 0.3) is 0 Å². The van der Waals surface area contributed by atoms with Gasteiger partial charge in [0.2, 0.25) is 5.91 Å². The van der Waals surface area contributed by atoms with Gasteiger partial charge in [-0.2, -0.15) is 0 Å². The van der Waals surface area contributed by atoms with E-state index in [1.54, 1.807) is 11.3 Å². The van der Waals surface area contributed by atoms with Crippen LogP contribution in [0.2, 0.25) is 0 Å². The molecule has 0 radical (unpaired) electrons. The van der Waals surface area contributed by atoms with Crippen LogP contribution < -0.4 is 11.1 Å². The smallest absolute Gasteiger partial charge is 0.221 e. The van der Waals surface area contributed by atoms with E-state index in [-0.39, 0.29) is 11.9 Å². The second-order valence-corrected chi connectivity index (χ2v) is 7.13. The van der Waals surface area contributed by atoms with Crippen molar-refractivity contribution in [3.8, 4) is 0 Å². The van der Waals surface area contributed by atoms with Crippen LogP contribution in [-0.2, 0) is 9.53 Å². The molecule has 0 bridgehead atoms. The van der Waals surface area contributed by atoms with Gasteiger partial charge in [0.05, 0.1) is 19.3 Å². The summed E-state index contributed by atoms with van der Waals surface area (Å²) in [6.45, 7) is 7.67. The van der Waals surface area contributed by atoms with Crippen LogP contribution in [0.15, 0.2) is 17.5 Å². The minimum atomic E-state index is -0.471. The first-order chi connectivity index (χ1) is 9.96. The Labute approximate surface area is 130 Å². The van der Waals surface area contributed by atoms with E-state index >= 15 is 0 Å². The number of amides is 1. The summed E-state index contributed by atoms with van der Waals surface area (Å²) in [5, 5.41) is 5.11. The average molecular weight is 311 g/mol. The standard InChI is InChI=1S/C15H25N3O2S/c1-15(2,16)10-14(19)17-11-12(13-4-3-9-21-13)18-5-7-20-8-6-18/h3-4,9,12H,5-8,10-11,16H2,1-2H3,(H,17,19). The highest BCUT2D eigenvalue weighted by Crippen LogP contribution is 2.25. The van der Waals surface area contributed by atoms with Crippen LogP contribution in [0.3, 0.4) is 0 Å². The summed E-state index contributed by atoms with van der Waals surface area (Å²) < 4.78 is 5.42. The van der Waals surface area contributed by atoms with Gasteiger partial charge in [0, 0.05) is 36.5 Å². The predicted octanol–water partition coefficient (Wildman–Crippen LogP) is 1.36. The van der Waals surface area contributed by atoms with Crippen LogP contribution in [0.5, 0.6) is 0 Å². The Bertz CT molecular complexity index is 436. The molecule has 1 aliphatic rings. The Balaban J connectivity index is 1.95. The molecule has 1 aromatic heterocycles. The maximum absolute atomic E-state index is 12.0. The minimum Gasteiger partial charge on any atom is -0.379 e. The molecule has 0 saturated carbocycles. The molecule has 1 amide bonds. The van der Waals surface area contributed by atoms with Crippen molar-refractivity contribution in [3.05, 3.63) is 22.4 Å². The molecule has 1 unspecified atom stereocenters. The third-order valence-electron chi connectivity index (χ3n) is 3.47. The number of ether oxygens (including phenoxy) is 1. The van der Waals surface area contributed by atoms with E-state index in [0.717, 1.165) is 26.3 Å². The number of hydrogen-bond acceptors (Lipinski definition) is 5. The third-order valence-corrected chi connectivity index (χ3v) is 4.44. The Hall–Kier alpha value is -0.950. The molecule has 118 valence electrons. The lowest BCUT2D eigenvalue weighted by atomic mass is 10.0. The number of thiophene rings is 1. The van der Waals surface area contributed by atoms with Crippen LogP contribution in [0.4, 0.5) is 0 Å². The number of carbonyl (C=O) groups is 1. The molecule has 1 aliphatic heterocycles. The van der Waals surface area contributed by atoms with E-state index in [4.69, 9.17) is 10.5 Å². The maximum atomic E-state index is 12.0. The van der Waals surface area contributed by atoms with Crippen LogP contribution in [0.1, 0.15) is 31.2 Å². The molecular weight excluding hydrogens is 286 g/mol. The van der Waals surface area contributed by atoms with Crippen molar-refractivity contribution in [3.63, 3.8) is 0 Å². The van der Waals surface area contributed by atoms with Crippen LogP contribution >= 0.6 is 11.3 Å². The molecule has 3 N–H and O–H groups in total. The summed E-state index contributed by atoms with van der Waals surface area (Å²) in [6.07, 6.45) is 0.341. The highest BCUT2D eigenvalue weighted by molar-refractivity contribution is 7.10. The summed E-state index contributed by atoms with van der Waals surface area (Å²) >= 11 is 1.73. The SMILES string of the molecule is CC(C)(N)CC(=O)NCC(c1cccs1)N1CCOCC1. The molecule has 1 saturated heterocycles. The number of nitrogens with zero attached hydrogens (tertiary/aromatic N) is 1. The van der Waals surface area contributed by atoms with Gasteiger partial charge in [-0.05, 0) is 25.3 Å². The quantitative estimate of drug-likeness (QED) is 0.832. The first kappa shape index (κ1) is 16.4.